The van der Waals surface area contributed by atoms with Crippen molar-refractivity contribution in [3.63, 3.8) is 0 Å². The molecule has 4 nitrogen and oxygen atoms in total. The zero-order valence-corrected chi connectivity index (χ0v) is 13.6. The molecule has 0 bridgehead atoms. The van der Waals surface area contributed by atoms with Crippen molar-refractivity contribution < 1.29 is 18.7 Å². The molecule has 0 aliphatic carbocycles. The second kappa shape index (κ2) is 7.78. The summed E-state index contributed by atoms with van der Waals surface area (Å²) in [5.41, 5.74) is 1.71. The van der Waals surface area contributed by atoms with E-state index in [-0.39, 0.29) is 17.5 Å². The molecule has 120 valence electrons. The first-order valence-electron chi connectivity index (χ1n) is 6.87. The predicted octanol–water partition coefficient (Wildman–Crippen LogP) is 3.65. The van der Waals surface area contributed by atoms with Gasteiger partial charge in [0, 0.05) is 10.6 Å². The highest BCUT2D eigenvalue weighted by atomic mass is 32.2. The summed E-state index contributed by atoms with van der Waals surface area (Å²) in [5, 5.41) is 2.73. The van der Waals surface area contributed by atoms with E-state index >= 15 is 0 Å². The fraction of sp³-hybridized carbons (Fsp3) is 0.176. The van der Waals surface area contributed by atoms with E-state index in [1.807, 2.05) is 6.92 Å². The van der Waals surface area contributed by atoms with Crippen molar-refractivity contribution >= 4 is 29.3 Å². The first-order valence-corrected chi connectivity index (χ1v) is 7.86. The van der Waals surface area contributed by atoms with Crippen LogP contribution in [0.2, 0.25) is 0 Å². The van der Waals surface area contributed by atoms with Crippen molar-refractivity contribution in [2.24, 2.45) is 0 Å². The van der Waals surface area contributed by atoms with E-state index in [0.717, 1.165) is 17.3 Å². The number of thioether (sulfide) groups is 1. The highest BCUT2D eigenvalue weighted by molar-refractivity contribution is 8.00. The summed E-state index contributed by atoms with van der Waals surface area (Å²) in [5.74, 6) is -1.03. The molecular formula is C17H16FNO3S. The Morgan fingerprint density at radius 2 is 1.96 bits per heavy atom. The summed E-state index contributed by atoms with van der Waals surface area (Å²) in [6.07, 6.45) is 0. The first-order chi connectivity index (χ1) is 11.0. The molecule has 1 N–H and O–H groups in total. The topological polar surface area (TPSA) is 55.4 Å². The van der Waals surface area contributed by atoms with Crippen molar-refractivity contribution in [1.82, 2.24) is 0 Å². The third-order valence-electron chi connectivity index (χ3n) is 3.13. The number of halogens is 1. The maximum atomic E-state index is 13.5. The first kappa shape index (κ1) is 17.0. The fourth-order valence-corrected chi connectivity index (χ4v) is 2.63. The van der Waals surface area contributed by atoms with E-state index < -0.39 is 5.97 Å². The lowest BCUT2D eigenvalue weighted by molar-refractivity contribution is -0.113. The minimum Gasteiger partial charge on any atom is -0.465 e. The monoisotopic (exact) mass is 333 g/mol. The Morgan fingerprint density at radius 1 is 1.22 bits per heavy atom. The van der Waals surface area contributed by atoms with Crippen molar-refractivity contribution in [3.8, 4) is 0 Å². The van der Waals surface area contributed by atoms with Gasteiger partial charge in [0.25, 0.3) is 0 Å². The smallest absolute Gasteiger partial charge is 0.337 e. The van der Waals surface area contributed by atoms with Crippen molar-refractivity contribution in [3.05, 3.63) is 59.4 Å². The van der Waals surface area contributed by atoms with Gasteiger partial charge in [0.05, 0.1) is 18.4 Å². The number of aryl methyl sites for hydroxylation is 1. The zero-order chi connectivity index (χ0) is 16.8. The van der Waals surface area contributed by atoms with Crippen molar-refractivity contribution in [2.45, 2.75) is 11.8 Å². The Labute approximate surface area is 138 Å². The summed E-state index contributed by atoms with van der Waals surface area (Å²) in [7, 11) is 1.30. The number of rotatable bonds is 5. The van der Waals surface area contributed by atoms with Crippen LogP contribution in [0, 0.1) is 12.7 Å². The Hall–Kier alpha value is -2.34. The number of methoxy groups -OCH3 is 1. The Balaban J connectivity index is 2.02. The van der Waals surface area contributed by atoms with Crippen LogP contribution in [-0.2, 0) is 9.53 Å². The molecule has 0 radical (unpaired) electrons. The molecule has 0 atom stereocenters. The van der Waals surface area contributed by atoms with Crippen LogP contribution in [0.25, 0.3) is 0 Å². The molecule has 0 heterocycles. The summed E-state index contributed by atoms with van der Waals surface area (Å²) in [4.78, 5) is 24.0. The van der Waals surface area contributed by atoms with E-state index in [1.165, 1.54) is 13.2 Å². The molecule has 0 saturated heterocycles. The number of carbonyl (C=O) groups excluding carboxylic acids is 2. The fourth-order valence-electron chi connectivity index (χ4n) is 1.89. The molecule has 0 unspecified atom stereocenters. The molecule has 0 aliphatic heterocycles. The van der Waals surface area contributed by atoms with Gasteiger partial charge in [0.1, 0.15) is 5.82 Å². The number of benzene rings is 2. The normalized spacial score (nSPS) is 10.2. The molecule has 6 heteroatoms. The van der Waals surface area contributed by atoms with Gasteiger partial charge in [-0.15, -0.1) is 11.8 Å². The Kier molecular flexibility index (Phi) is 5.76. The molecular weight excluding hydrogens is 317 g/mol. The molecule has 2 rings (SSSR count). The second-order valence-electron chi connectivity index (χ2n) is 4.79. The highest BCUT2D eigenvalue weighted by Crippen LogP contribution is 2.22. The standard InChI is InChI=1S/C17H16FNO3S/c1-11-7-8-12(17(21)22-2)9-14(11)19-16(20)10-23-15-6-4-3-5-13(15)18/h3-9H,10H2,1-2H3,(H,19,20). The Bertz CT molecular complexity index is 734. The number of nitrogens with one attached hydrogen (secondary N) is 1. The van der Waals surface area contributed by atoms with Crippen molar-refractivity contribution in [2.75, 3.05) is 18.2 Å². The van der Waals surface area contributed by atoms with E-state index in [0.29, 0.717) is 16.1 Å². The lowest BCUT2D eigenvalue weighted by Crippen LogP contribution is -2.15. The van der Waals surface area contributed by atoms with E-state index in [9.17, 15) is 14.0 Å². The number of hydrogen-bond acceptors (Lipinski definition) is 4. The molecule has 0 spiro atoms. The molecule has 1 amide bonds. The summed E-state index contributed by atoms with van der Waals surface area (Å²) in [6, 6.07) is 11.2. The van der Waals surface area contributed by atoms with Gasteiger partial charge in [-0.3, -0.25) is 4.79 Å². The maximum Gasteiger partial charge on any atom is 0.337 e. The van der Waals surface area contributed by atoms with E-state index in [4.69, 9.17) is 0 Å². The van der Waals surface area contributed by atoms with Crippen LogP contribution in [0.1, 0.15) is 15.9 Å². The minimum absolute atomic E-state index is 0.0722. The molecule has 2 aromatic carbocycles. The lowest BCUT2D eigenvalue weighted by Gasteiger charge is -2.10. The Morgan fingerprint density at radius 3 is 2.65 bits per heavy atom. The van der Waals surface area contributed by atoms with Crippen LogP contribution >= 0.6 is 11.8 Å². The van der Waals surface area contributed by atoms with Gasteiger partial charge in [-0.05, 0) is 36.8 Å². The van der Waals surface area contributed by atoms with Crippen LogP contribution in [0.3, 0.4) is 0 Å². The van der Waals surface area contributed by atoms with Crippen LogP contribution in [0.5, 0.6) is 0 Å². The quantitative estimate of drug-likeness (QED) is 0.670. The number of esters is 1. The molecule has 23 heavy (non-hydrogen) atoms. The summed E-state index contributed by atoms with van der Waals surface area (Å²) >= 11 is 1.12. The van der Waals surface area contributed by atoms with Gasteiger partial charge in [-0.1, -0.05) is 18.2 Å². The molecule has 2 aromatic rings. The van der Waals surface area contributed by atoms with Gasteiger partial charge in [0.15, 0.2) is 0 Å². The average Bonchev–Trinajstić information content (AvgIpc) is 2.55. The van der Waals surface area contributed by atoms with Gasteiger partial charge in [-0.2, -0.15) is 0 Å². The molecule has 0 aromatic heterocycles. The second-order valence-corrected chi connectivity index (χ2v) is 5.81. The largest absolute Gasteiger partial charge is 0.465 e. The van der Waals surface area contributed by atoms with Crippen LogP contribution in [-0.4, -0.2) is 24.7 Å². The number of ether oxygens (including phenoxy) is 1. The van der Waals surface area contributed by atoms with Gasteiger partial charge in [0.2, 0.25) is 5.91 Å². The third-order valence-corrected chi connectivity index (χ3v) is 4.18. The molecule has 0 aliphatic rings. The van der Waals surface area contributed by atoms with Crippen LogP contribution in [0.4, 0.5) is 10.1 Å². The van der Waals surface area contributed by atoms with Crippen LogP contribution < -0.4 is 5.32 Å². The minimum atomic E-state index is -0.471. The summed E-state index contributed by atoms with van der Waals surface area (Å²) in [6.45, 7) is 1.82. The molecule has 0 saturated carbocycles. The number of anilines is 1. The number of hydrogen-bond donors (Lipinski definition) is 1. The van der Waals surface area contributed by atoms with Crippen molar-refractivity contribution in [1.29, 1.82) is 0 Å². The SMILES string of the molecule is COC(=O)c1ccc(C)c(NC(=O)CSc2ccccc2F)c1. The number of amides is 1. The summed E-state index contributed by atoms with van der Waals surface area (Å²) < 4.78 is 18.2. The van der Waals surface area contributed by atoms with Gasteiger partial charge >= 0.3 is 5.97 Å². The van der Waals surface area contributed by atoms with Crippen LogP contribution in [0.15, 0.2) is 47.4 Å². The molecule has 0 fully saturated rings. The highest BCUT2D eigenvalue weighted by Gasteiger charge is 2.11. The average molecular weight is 333 g/mol. The van der Waals surface area contributed by atoms with E-state index in [1.54, 1.807) is 36.4 Å². The van der Waals surface area contributed by atoms with E-state index in [2.05, 4.69) is 10.1 Å². The maximum absolute atomic E-state index is 13.5. The third kappa shape index (κ3) is 4.56. The predicted molar refractivity (Wildman–Crippen MR) is 88.3 cm³/mol. The van der Waals surface area contributed by atoms with Gasteiger partial charge in [-0.25, -0.2) is 9.18 Å². The number of carbonyl (C=O) groups is 2. The van der Waals surface area contributed by atoms with Gasteiger partial charge < -0.3 is 10.1 Å². The lowest BCUT2D eigenvalue weighted by atomic mass is 10.1. The zero-order valence-electron chi connectivity index (χ0n) is 12.8.